The number of halogens is 2. The highest BCUT2D eigenvalue weighted by Crippen LogP contribution is 2.18. The van der Waals surface area contributed by atoms with Gasteiger partial charge in [0.15, 0.2) is 5.96 Å². The molecule has 0 unspecified atom stereocenters. The van der Waals surface area contributed by atoms with E-state index in [1.807, 2.05) is 6.92 Å². The second kappa shape index (κ2) is 15.3. The first-order valence-corrected chi connectivity index (χ1v) is 11.5. The van der Waals surface area contributed by atoms with Crippen molar-refractivity contribution in [2.75, 3.05) is 37.7 Å². The van der Waals surface area contributed by atoms with E-state index >= 15 is 0 Å². The van der Waals surface area contributed by atoms with Crippen molar-refractivity contribution in [3.8, 4) is 0 Å². The van der Waals surface area contributed by atoms with E-state index in [9.17, 15) is 12.8 Å². The summed E-state index contributed by atoms with van der Waals surface area (Å²) >= 11 is 1.68. The van der Waals surface area contributed by atoms with Crippen molar-refractivity contribution in [2.45, 2.75) is 31.6 Å². The van der Waals surface area contributed by atoms with E-state index in [-0.39, 0.29) is 35.5 Å². The molecule has 6 nitrogen and oxygen atoms in total. The molecule has 0 atom stereocenters. The van der Waals surface area contributed by atoms with Gasteiger partial charge in [-0.15, -0.1) is 35.7 Å². The molecule has 10 heteroatoms. The monoisotopic (exact) mass is 532 g/mol. The van der Waals surface area contributed by atoms with Crippen LogP contribution in [0.2, 0.25) is 0 Å². The van der Waals surface area contributed by atoms with Crippen LogP contribution in [0.25, 0.3) is 0 Å². The normalized spacial score (nSPS) is 11.7. The van der Waals surface area contributed by atoms with Crippen LogP contribution in [0.1, 0.15) is 26.7 Å². The number of guanidine groups is 1. The van der Waals surface area contributed by atoms with Crippen molar-refractivity contribution in [3.05, 3.63) is 30.1 Å². The summed E-state index contributed by atoms with van der Waals surface area (Å²) in [6.45, 7) is 6.12. The average Bonchev–Trinajstić information content (AvgIpc) is 2.62. The summed E-state index contributed by atoms with van der Waals surface area (Å²) in [6, 6.07) is 6.49. The Labute approximate surface area is 183 Å². The Morgan fingerprint density at radius 3 is 2.44 bits per heavy atom. The van der Waals surface area contributed by atoms with E-state index in [1.54, 1.807) is 30.8 Å². The summed E-state index contributed by atoms with van der Waals surface area (Å²) in [5.74, 6) is 1.52. The fraction of sp³-hybridized carbons (Fsp3) is 0.588. The van der Waals surface area contributed by atoms with E-state index in [4.69, 9.17) is 0 Å². The number of aliphatic imine (C=N–C) groups is 1. The van der Waals surface area contributed by atoms with Gasteiger partial charge in [0, 0.05) is 31.1 Å². The van der Waals surface area contributed by atoms with Crippen LogP contribution < -0.4 is 15.4 Å². The first kappa shape index (κ1) is 26.4. The molecular formula is C17H30FIN4O2S2. The summed E-state index contributed by atoms with van der Waals surface area (Å²) in [5, 5.41) is 6.36. The van der Waals surface area contributed by atoms with E-state index in [0.29, 0.717) is 26.1 Å². The van der Waals surface area contributed by atoms with Crippen LogP contribution >= 0.6 is 35.7 Å². The number of hydrogen-bond donors (Lipinski definition) is 3. The molecule has 156 valence electrons. The minimum absolute atomic E-state index is 0. The minimum Gasteiger partial charge on any atom is -0.357 e. The Hall–Kier alpha value is -0.590. The van der Waals surface area contributed by atoms with E-state index in [0.717, 1.165) is 29.6 Å². The zero-order chi connectivity index (χ0) is 19.3. The molecule has 1 aromatic carbocycles. The molecule has 3 N–H and O–H groups in total. The molecular weight excluding hydrogens is 502 g/mol. The zero-order valence-corrected chi connectivity index (χ0v) is 19.8. The summed E-state index contributed by atoms with van der Waals surface area (Å²) in [5.41, 5.74) is 0. The molecule has 0 saturated heterocycles. The fourth-order valence-corrected chi connectivity index (χ4v) is 3.44. The number of sulfonamides is 1. The van der Waals surface area contributed by atoms with Gasteiger partial charge in [-0.2, -0.15) is 0 Å². The van der Waals surface area contributed by atoms with E-state index in [2.05, 4.69) is 20.3 Å². The number of hydrogen-bond acceptors (Lipinski definition) is 4. The van der Waals surface area contributed by atoms with Crippen molar-refractivity contribution in [3.63, 3.8) is 0 Å². The van der Waals surface area contributed by atoms with Gasteiger partial charge in [0.2, 0.25) is 10.0 Å². The van der Waals surface area contributed by atoms with E-state index < -0.39 is 10.0 Å². The molecule has 1 rings (SSSR count). The van der Waals surface area contributed by atoms with Crippen LogP contribution in [0.15, 0.2) is 34.2 Å². The molecule has 27 heavy (non-hydrogen) atoms. The van der Waals surface area contributed by atoms with Crippen molar-refractivity contribution in [1.29, 1.82) is 0 Å². The lowest BCUT2D eigenvalue weighted by Crippen LogP contribution is -2.39. The molecule has 0 aliphatic rings. The molecule has 0 spiro atoms. The van der Waals surface area contributed by atoms with Gasteiger partial charge < -0.3 is 10.6 Å². The van der Waals surface area contributed by atoms with Crippen LogP contribution in [0, 0.1) is 5.82 Å². The highest BCUT2D eigenvalue weighted by Gasteiger charge is 2.04. The molecule has 0 aliphatic heterocycles. The van der Waals surface area contributed by atoms with Crippen molar-refractivity contribution in [1.82, 2.24) is 15.4 Å². The van der Waals surface area contributed by atoms with Crippen LogP contribution in [-0.4, -0.2) is 52.1 Å². The van der Waals surface area contributed by atoms with Gasteiger partial charge in [-0.25, -0.2) is 17.5 Å². The molecule has 1 aromatic rings. The maximum absolute atomic E-state index is 12.8. The maximum atomic E-state index is 12.8. The Morgan fingerprint density at radius 1 is 1.11 bits per heavy atom. The predicted octanol–water partition coefficient (Wildman–Crippen LogP) is 2.81. The summed E-state index contributed by atoms with van der Waals surface area (Å²) < 4.78 is 38.0. The lowest BCUT2D eigenvalue weighted by molar-refractivity contribution is 0.579. The van der Waals surface area contributed by atoms with Crippen LogP contribution in [0.3, 0.4) is 0 Å². The average molecular weight is 532 g/mol. The summed E-state index contributed by atoms with van der Waals surface area (Å²) in [6.07, 6.45) is 1.60. The second-order valence-electron chi connectivity index (χ2n) is 5.49. The number of benzene rings is 1. The van der Waals surface area contributed by atoms with Gasteiger partial charge in [0.1, 0.15) is 5.82 Å². The van der Waals surface area contributed by atoms with E-state index in [1.165, 1.54) is 12.1 Å². The van der Waals surface area contributed by atoms with Crippen molar-refractivity contribution in [2.24, 2.45) is 4.99 Å². The molecule has 0 aliphatic carbocycles. The van der Waals surface area contributed by atoms with Gasteiger partial charge >= 0.3 is 0 Å². The third-order valence-corrected chi connectivity index (χ3v) is 5.85. The van der Waals surface area contributed by atoms with Crippen LogP contribution in [-0.2, 0) is 10.0 Å². The van der Waals surface area contributed by atoms with Gasteiger partial charge in [0.25, 0.3) is 0 Å². The van der Waals surface area contributed by atoms with Gasteiger partial charge in [-0.3, -0.25) is 4.99 Å². The lowest BCUT2D eigenvalue weighted by atomic mass is 10.4. The summed E-state index contributed by atoms with van der Waals surface area (Å²) in [7, 11) is -3.12. The first-order valence-electron chi connectivity index (χ1n) is 8.84. The van der Waals surface area contributed by atoms with Gasteiger partial charge in [-0.1, -0.05) is 0 Å². The third kappa shape index (κ3) is 13.3. The smallest absolute Gasteiger partial charge is 0.211 e. The largest absolute Gasteiger partial charge is 0.357 e. The van der Waals surface area contributed by atoms with Crippen LogP contribution in [0.5, 0.6) is 0 Å². The molecule has 0 fully saturated rings. The molecule has 0 saturated carbocycles. The standard InChI is InChI=1S/C17H29FN4O2S2.HI/c1-3-19-17(20-11-5-13-22-26(23,24)4-2)21-12-6-14-25-16-9-7-15(18)8-10-16;/h7-10,22H,3-6,11-14H2,1-2H3,(H2,19,20,21);1H. The fourth-order valence-electron chi connectivity index (χ4n) is 1.94. The number of nitrogens with one attached hydrogen (secondary N) is 3. The third-order valence-electron chi connectivity index (χ3n) is 3.35. The minimum atomic E-state index is -3.12. The number of thioether (sulfide) groups is 1. The topological polar surface area (TPSA) is 82.6 Å². The maximum Gasteiger partial charge on any atom is 0.211 e. The van der Waals surface area contributed by atoms with Gasteiger partial charge in [-0.05, 0) is 56.7 Å². The highest BCUT2D eigenvalue weighted by atomic mass is 127. The van der Waals surface area contributed by atoms with Crippen molar-refractivity contribution < 1.29 is 12.8 Å². The Kier molecular flexibility index (Phi) is 15.0. The first-order chi connectivity index (χ1) is 12.5. The predicted molar refractivity (Wildman–Crippen MR) is 123 cm³/mol. The highest BCUT2D eigenvalue weighted by molar-refractivity contribution is 14.0. The molecule has 0 aromatic heterocycles. The Morgan fingerprint density at radius 2 is 1.81 bits per heavy atom. The van der Waals surface area contributed by atoms with Gasteiger partial charge in [0.05, 0.1) is 5.75 Å². The second-order valence-corrected chi connectivity index (χ2v) is 8.76. The Balaban J connectivity index is 0.00000676. The van der Waals surface area contributed by atoms with Crippen LogP contribution in [0.4, 0.5) is 4.39 Å². The molecule has 0 amide bonds. The molecule has 0 bridgehead atoms. The van der Waals surface area contributed by atoms with Crippen molar-refractivity contribution >= 4 is 51.7 Å². The lowest BCUT2D eigenvalue weighted by Gasteiger charge is -2.11. The Bertz CT molecular complexity index is 643. The summed E-state index contributed by atoms with van der Waals surface area (Å²) in [4.78, 5) is 5.55. The molecule has 0 radical (unpaired) electrons. The molecule has 0 heterocycles. The quantitative estimate of drug-likeness (QED) is 0.127. The number of rotatable bonds is 12. The zero-order valence-electron chi connectivity index (χ0n) is 15.8. The SMILES string of the molecule is CCNC(=NCCCSc1ccc(F)cc1)NCCCNS(=O)(=O)CC.I. The number of nitrogens with zero attached hydrogens (tertiary/aromatic N) is 1.